The van der Waals surface area contributed by atoms with Crippen LogP contribution in [0, 0.1) is 0 Å². The van der Waals surface area contributed by atoms with E-state index in [1.807, 2.05) is 91.0 Å². The fourth-order valence-corrected chi connectivity index (χ4v) is 2.34. The number of benzene rings is 3. The number of hydrogen-bond donors (Lipinski definition) is 0. The van der Waals surface area contributed by atoms with Gasteiger partial charge >= 0.3 is 12.2 Å². The topological polar surface area (TPSA) is 77.3 Å². The van der Waals surface area contributed by atoms with E-state index in [1.165, 1.54) is 5.56 Å². The van der Waals surface area contributed by atoms with E-state index in [9.17, 15) is 9.59 Å². The van der Waals surface area contributed by atoms with Crippen molar-refractivity contribution in [3.63, 3.8) is 0 Å². The molecule has 0 saturated carbocycles. The molecule has 0 N–H and O–H groups in total. The molecule has 0 spiro atoms. The molecule has 0 aliphatic carbocycles. The molecule has 0 aliphatic rings. The fourth-order valence-electron chi connectivity index (χ4n) is 2.34. The minimum absolute atomic E-state index is 0.0848. The third-order valence-electron chi connectivity index (χ3n) is 4.13. The van der Waals surface area contributed by atoms with Gasteiger partial charge in [-0.25, -0.2) is 9.59 Å². The summed E-state index contributed by atoms with van der Waals surface area (Å²) in [6, 6.07) is 27.2. The van der Waals surface area contributed by atoms with Crippen LogP contribution in [-0.4, -0.2) is 18.8 Å². The van der Waals surface area contributed by atoms with Gasteiger partial charge in [-0.15, -0.1) is 0 Å². The van der Waals surface area contributed by atoms with Crippen LogP contribution in [0.2, 0.25) is 0 Å². The lowest BCUT2D eigenvalue weighted by molar-refractivity contribution is 0.144. The van der Waals surface area contributed by atoms with Crippen molar-refractivity contribution in [2.45, 2.75) is 13.5 Å². The molecule has 3 rings (SSSR count). The lowest BCUT2D eigenvalue weighted by atomic mass is 10.1. The molecule has 6 nitrogen and oxygen atoms in total. The second kappa shape index (κ2) is 17.9. The third-order valence-corrected chi connectivity index (χ3v) is 4.13. The number of azo groups is 1. The summed E-state index contributed by atoms with van der Waals surface area (Å²) in [6.45, 7) is 12.8. The highest BCUT2D eigenvalue weighted by Gasteiger charge is 2.03. The Balaban J connectivity index is 0.000000287. The van der Waals surface area contributed by atoms with Gasteiger partial charge in [0.2, 0.25) is 0 Å². The van der Waals surface area contributed by atoms with Gasteiger partial charge in [0.25, 0.3) is 0 Å². The Hall–Kier alpha value is -4.58. The zero-order chi connectivity index (χ0) is 25.7. The van der Waals surface area contributed by atoms with Crippen molar-refractivity contribution in [1.29, 1.82) is 0 Å². The van der Waals surface area contributed by atoms with Crippen LogP contribution >= 0.6 is 0 Å². The number of ether oxygens (including phenoxy) is 2. The molecule has 0 saturated heterocycles. The Morgan fingerprint density at radius 1 is 0.657 bits per heavy atom. The van der Waals surface area contributed by atoms with Crippen LogP contribution in [0.3, 0.4) is 0 Å². The van der Waals surface area contributed by atoms with Gasteiger partial charge < -0.3 is 9.47 Å². The van der Waals surface area contributed by atoms with Crippen LogP contribution in [0.15, 0.2) is 115 Å². The van der Waals surface area contributed by atoms with Gasteiger partial charge in [-0.05, 0) is 29.2 Å². The number of hydrogen-bond acceptors (Lipinski definition) is 4. The van der Waals surface area contributed by atoms with Gasteiger partial charge in [0, 0.05) is 0 Å². The average Bonchev–Trinajstić information content (AvgIpc) is 2.92. The number of carbonyl (C=O) groups is 2. The van der Waals surface area contributed by atoms with Crippen LogP contribution < -0.4 is 0 Å². The summed E-state index contributed by atoms with van der Waals surface area (Å²) in [5.74, 6) is 0. The summed E-state index contributed by atoms with van der Waals surface area (Å²) in [7, 11) is 0. The van der Waals surface area contributed by atoms with E-state index in [0.29, 0.717) is 0 Å². The smallest absolute Gasteiger partial charge is 0.447 e. The number of nitrogens with zero attached hydrogens (tertiary/aromatic N) is 2. The Morgan fingerprint density at radius 2 is 1.06 bits per heavy atom. The molecule has 2 amide bonds. The second-order valence-corrected chi connectivity index (χ2v) is 6.63. The largest absolute Gasteiger partial charge is 0.452 e. The molecule has 0 atom stereocenters. The van der Waals surface area contributed by atoms with Crippen molar-refractivity contribution in [3.05, 3.63) is 127 Å². The summed E-state index contributed by atoms with van der Waals surface area (Å²) < 4.78 is 9.20. The van der Waals surface area contributed by atoms with E-state index in [2.05, 4.69) is 34.7 Å². The molecule has 0 radical (unpaired) electrons. The molecular formula is C29H30N2O4. The maximum Gasteiger partial charge on any atom is 0.452 e. The average molecular weight is 471 g/mol. The van der Waals surface area contributed by atoms with Crippen LogP contribution in [-0.2, 0) is 16.1 Å². The maximum absolute atomic E-state index is 11.0. The van der Waals surface area contributed by atoms with Gasteiger partial charge in [-0.1, -0.05) is 133 Å². The van der Waals surface area contributed by atoms with Crippen molar-refractivity contribution in [2.24, 2.45) is 10.2 Å². The van der Waals surface area contributed by atoms with Gasteiger partial charge in [-0.3, -0.25) is 0 Å². The predicted molar refractivity (Wildman–Crippen MR) is 142 cm³/mol. The summed E-state index contributed by atoms with van der Waals surface area (Å²) >= 11 is 0. The maximum atomic E-state index is 11.0. The first kappa shape index (κ1) is 28.5. The predicted octanol–water partition coefficient (Wildman–Crippen LogP) is 8.23. The molecule has 180 valence electrons. The lowest BCUT2D eigenvalue weighted by Crippen LogP contribution is -2.01. The molecule has 0 aromatic heterocycles. The highest BCUT2D eigenvalue weighted by molar-refractivity contribution is 5.73. The van der Waals surface area contributed by atoms with Gasteiger partial charge in [0.1, 0.15) is 6.61 Å². The Labute approximate surface area is 206 Å². The third kappa shape index (κ3) is 13.5. The van der Waals surface area contributed by atoms with Crippen LogP contribution in [0.1, 0.15) is 29.2 Å². The fraction of sp³-hybridized carbons (Fsp3) is 0.103. The molecule has 0 unspecified atom stereocenters. The molecule has 6 heteroatoms. The molecule has 0 aliphatic heterocycles. The first-order chi connectivity index (χ1) is 17.0. The SMILES string of the molecule is C=Cc1ccc(C=C)cc1.C=Cc1ccccc1.CCOC(=O)/N=N/C(=O)OCc1ccccc1. The molecular weight excluding hydrogens is 440 g/mol. The van der Waals surface area contributed by atoms with Gasteiger partial charge in [-0.2, -0.15) is 0 Å². The Bertz CT molecular complexity index is 1050. The normalized spacial score (nSPS) is 9.40. The highest BCUT2D eigenvalue weighted by atomic mass is 16.6. The van der Waals surface area contributed by atoms with E-state index in [4.69, 9.17) is 4.74 Å². The molecule has 0 heterocycles. The summed E-state index contributed by atoms with van der Waals surface area (Å²) in [5.41, 5.74) is 4.29. The Kier molecular flexibility index (Phi) is 14.6. The monoisotopic (exact) mass is 470 g/mol. The second-order valence-electron chi connectivity index (χ2n) is 6.63. The zero-order valence-corrected chi connectivity index (χ0v) is 19.9. The molecule has 0 fully saturated rings. The number of rotatable bonds is 6. The highest BCUT2D eigenvalue weighted by Crippen LogP contribution is 2.05. The first-order valence-corrected chi connectivity index (χ1v) is 10.8. The molecule has 35 heavy (non-hydrogen) atoms. The van der Waals surface area contributed by atoms with E-state index in [0.717, 1.165) is 16.7 Å². The van der Waals surface area contributed by atoms with Gasteiger partial charge in [0.05, 0.1) is 6.61 Å². The van der Waals surface area contributed by atoms with Crippen molar-refractivity contribution in [1.82, 2.24) is 0 Å². The van der Waals surface area contributed by atoms with E-state index in [-0.39, 0.29) is 13.2 Å². The van der Waals surface area contributed by atoms with Crippen molar-refractivity contribution < 1.29 is 19.1 Å². The minimum atomic E-state index is -0.929. The van der Waals surface area contributed by atoms with Crippen LogP contribution in [0.4, 0.5) is 9.59 Å². The summed E-state index contributed by atoms with van der Waals surface area (Å²) in [5, 5.41) is 6.06. The van der Waals surface area contributed by atoms with Gasteiger partial charge in [0.15, 0.2) is 0 Å². The van der Waals surface area contributed by atoms with Crippen LogP contribution in [0.25, 0.3) is 18.2 Å². The first-order valence-electron chi connectivity index (χ1n) is 10.8. The van der Waals surface area contributed by atoms with Crippen LogP contribution in [0.5, 0.6) is 0 Å². The van der Waals surface area contributed by atoms with E-state index >= 15 is 0 Å². The molecule has 3 aromatic carbocycles. The number of amides is 2. The minimum Gasteiger partial charge on any atom is -0.447 e. The number of carbonyl (C=O) groups excluding carboxylic acids is 2. The van der Waals surface area contributed by atoms with Crippen molar-refractivity contribution >= 4 is 30.4 Å². The quantitative estimate of drug-likeness (QED) is 0.340. The zero-order valence-electron chi connectivity index (χ0n) is 19.9. The Morgan fingerprint density at radius 3 is 1.46 bits per heavy atom. The summed E-state index contributed by atoms with van der Waals surface area (Å²) in [4.78, 5) is 21.8. The summed E-state index contributed by atoms with van der Waals surface area (Å²) in [6.07, 6.45) is 3.64. The standard InChI is InChI=1S/C11H12N2O4.C10H10.C8H8/c1-2-16-10(14)12-13-11(15)17-8-9-6-4-3-5-7-9;1-3-9-5-7-10(4-2)8-6-9;1-2-8-6-4-3-5-7-8/h3-7H,2,8H2,1H3;3-8H,1-2H2;2-7H,1H2/b13-12+;;. The molecule has 0 bridgehead atoms. The lowest BCUT2D eigenvalue weighted by Gasteiger charge is -1.99. The molecule has 3 aromatic rings. The van der Waals surface area contributed by atoms with E-state index in [1.54, 1.807) is 19.1 Å². The van der Waals surface area contributed by atoms with E-state index < -0.39 is 12.2 Å². The van der Waals surface area contributed by atoms with Crippen molar-refractivity contribution in [2.75, 3.05) is 6.61 Å². The van der Waals surface area contributed by atoms with Crippen molar-refractivity contribution in [3.8, 4) is 0 Å².